The monoisotopic (exact) mass is 617 g/mol. The Morgan fingerprint density at radius 2 is 2.13 bits per heavy atom. The fourth-order valence-corrected chi connectivity index (χ4v) is 10.0. The van der Waals surface area contributed by atoms with Crippen LogP contribution < -0.4 is 20.8 Å². The van der Waals surface area contributed by atoms with Crippen LogP contribution in [-0.4, -0.2) is 87.2 Å². The molecule has 0 radical (unpaired) electrons. The molecular weight excluding hydrogens is 585 g/mol. The summed E-state index contributed by atoms with van der Waals surface area (Å²) >= 11 is 4.87. The number of primary sulfonamides is 1. The number of carbonyl (C=O) groups excluding carboxylic acids is 1. The maximum atomic E-state index is 12.7. The minimum absolute atomic E-state index is 0.0134. The number of nitrogens with one attached hydrogen (secondary N) is 1. The normalized spacial score (nSPS) is 28.7. The van der Waals surface area contributed by atoms with E-state index in [-0.39, 0.29) is 34.9 Å². The number of aliphatic hydroxyl groups is 1. The molecule has 7 N–H and O–H groups in total. The van der Waals surface area contributed by atoms with Crippen LogP contribution in [0.15, 0.2) is 23.2 Å². The summed E-state index contributed by atoms with van der Waals surface area (Å²) in [5, 5.41) is 28.7. The SMILES string of the molecule is CSc1c2sc(C3=C(C(=O)O)N4C(=O)[C@H]([C@@H](C)O)[C@H]4[C@H]3C)cn2c[n+]1CCS[C@@H]1CN[C@H](C(N)S(N)(=O)=O)C1. The smallest absolute Gasteiger partial charge is 0.352 e. The Kier molecular flexibility index (Phi) is 7.86. The highest BCUT2D eigenvalue weighted by Gasteiger charge is 2.60. The van der Waals surface area contributed by atoms with Crippen LogP contribution in [0.3, 0.4) is 0 Å². The number of aryl methyl sites for hydroxylation is 1. The maximum absolute atomic E-state index is 12.7. The van der Waals surface area contributed by atoms with Crippen LogP contribution in [0, 0.1) is 11.8 Å². The van der Waals surface area contributed by atoms with Crippen molar-refractivity contribution in [2.24, 2.45) is 22.7 Å². The number of aliphatic carboxylic acids is 1. The number of imidazole rings is 1. The number of aromatic nitrogens is 2. The minimum Gasteiger partial charge on any atom is -0.477 e. The summed E-state index contributed by atoms with van der Waals surface area (Å²) in [7, 11) is -3.79. The van der Waals surface area contributed by atoms with Gasteiger partial charge in [0.2, 0.25) is 25.8 Å². The molecule has 0 bridgehead atoms. The summed E-state index contributed by atoms with van der Waals surface area (Å²) < 4.78 is 27.3. The summed E-state index contributed by atoms with van der Waals surface area (Å²) in [5.74, 6) is -1.48. The molecule has 0 saturated carbocycles. The second kappa shape index (κ2) is 10.6. The van der Waals surface area contributed by atoms with Gasteiger partial charge in [-0.15, -0.1) is 0 Å². The number of hydrogen-bond donors (Lipinski definition) is 5. The highest BCUT2D eigenvalue weighted by Crippen LogP contribution is 2.51. The molecule has 2 fully saturated rings. The minimum atomic E-state index is -3.79. The molecular formula is C23H33N6O6S4+. The van der Waals surface area contributed by atoms with Crippen LogP contribution in [0.4, 0.5) is 0 Å². The summed E-state index contributed by atoms with van der Waals surface area (Å²) in [6.07, 6.45) is 5.70. The summed E-state index contributed by atoms with van der Waals surface area (Å²) in [6.45, 7) is 4.91. The van der Waals surface area contributed by atoms with E-state index in [1.165, 1.54) is 16.2 Å². The molecule has 2 aromatic heterocycles. The molecule has 7 atom stereocenters. The lowest BCUT2D eigenvalue weighted by Crippen LogP contribution is -2.63. The lowest BCUT2D eigenvalue weighted by Gasteiger charge is -2.46. The zero-order valence-corrected chi connectivity index (χ0v) is 24.9. The van der Waals surface area contributed by atoms with Crippen LogP contribution >= 0.6 is 34.9 Å². The fourth-order valence-electron chi connectivity index (χ4n) is 5.97. The number of fused-ring (bicyclic) bond motifs is 2. The Hall–Kier alpha value is -1.66. The van der Waals surface area contributed by atoms with E-state index in [1.807, 2.05) is 30.1 Å². The van der Waals surface area contributed by atoms with E-state index in [9.17, 15) is 28.2 Å². The molecule has 0 aromatic carbocycles. The number of nitrogens with zero attached hydrogens (tertiary/aromatic N) is 3. The number of thiazole rings is 1. The molecule has 39 heavy (non-hydrogen) atoms. The van der Waals surface area contributed by atoms with Crippen LogP contribution in [0.1, 0.15) is 25.1 Å². The van der Waals surface area contributed by atoms with Crippen molar-refractivity contribution in [2.45, 2.75) is 60.7 Å². The van der Waals surface area contributed by atoms with E-state index in [1.54, 1.807) is 30.4 Å². The van der Waals surface area contributed by atoms with E-state index < -0.39 is 33.4 Å². The first-order valence-corrected chi connectivity index (χ1v) is 17.2. The van der Waals surface area contributed by atoms with Crippen molar-refractivity contribution in [3.8, 4) is 0 Å². The molecule has 1 unspecified atom stereocenters. The Morgan fingerprint density at radius 3 is 2.74 bits per heavy atom. The van der Waals surface area contributed by atoms with Gasteiger partial charge in [0.1, 0.15) is 23.8 Å². The average Bonchev–Trinajstić information content (AvgIpc) is 3.58. The Labute approximate surface area is 238 Å². The number of β-lactam (4-membered cyclic amide) rings is 1. The molecule has 2 aromatic rings. The van der Waals surface area contributed by atoms with E-state index in [2.05, 4.69) is 9.88 Å². The van der Waals surface area contributed by atoms with Crippen LogP contribution in [0.5, 0.6) is 0 Å². The molecule has 0 spiro atoms. The molecule has 3 aliphatic rings. The summed E-state index contributed by atoms with van der Waals surface area (Å²) in [6, 6.07) is -0.711. The first kappa shape index (κ1) is 28.9. The van der Waals surface area contributed by atoms with Gasteiger partial charge >= 0.3 is 5.97 Å². The first-order chi connectivity index (χ1) is 18.3. The van der Waals surface area contributed by atoms with Crippen molar-refractivity contribution in [2.75, 3.05) is 18.6 Å². The Bertz CT molecular complexity index is 1450. The number of nitrogens with two attached hydrogens (primary N) is 2. The van der Waals surface area contributed by atoms with Gasteiger partial charge < -0.3 is 26.2 Å². The lowest BCUT2D eigenvalue weighted by atomic mass is 9.77. The molecule has 5 rings (SSSR count). The number of carboxylic acid groups (broad SMARTS) is 1. The highest BCUT2D eigenvalue weighted by atomic mass is 32.2. The number of hydrogen-bond acceptors (Lipinski definition) is 10. The van der Waals surface area contributed by atoms with E-state index in [0.29, 0.717) is 18.5 Å². The standard InChI is InChI=1S/C23H32N6O6S4/c1-10-15(18(23(32)33)29-17(10)16(11(2)30)20(29)31)14-8-28-9-27(21(36-3)22(28)38-14)4-5-37-12-6-13(26-7-12)19(24)39(25,34)35/h8-13,16-17,19,26,30H,4-7,24H2,1-3H3,(H2-,25,32,33,34,35)/p+1/t10-,11+,12-,13-,16+,17+,19?/m0/s1. The van der Waals surface area contributed by atoms with E-state index >= 15 is 0 Å². The third-order valence-corrected chi connectivity index (χ3v) is 12.2. The van der Waals surface area contributed by atoms with Gasteiger partial charge in [-0.25, -0.2) is 22.9 Å². The third kappa shape index (κ3) is 4.92. The Morgan fingerprint density at radius 1 is 1.41 bits per heavy atom. The van der Waals surface area contributed by atoms with E-state index in [4.69, 9.17) is 10.9 Å². The second-order valence-corrected chi connectivity index (χ2v) is 15.2. The predicted octanol–water partition coefficient (Wildman–Crippen LogP) is -0.300. The highest BCUT2D eigenvalue weighted by molar-refractivity contribution is 8.00. The fraction of sp³-hybridized carbons (Fsp3) is 0.609. The van der Waals surface area contributed by atoms with Gasteiger partial charge in [0.05, 0.1) is 22.9 Å². The number of sulfonamides is 1. The van der Waals surface area contributed by atoms with Gasteiger partial charge in [0, 0.05) is 35.1 Å². The Balaban J connectivity index is 1.32. The molecule has 214 valence electrons. The van der Waals surface area contributed by atoms with Crippen molar-refractivity contribution in [3.05, 3.63) is 23.1 Å². The van der Waals surface area contributed by atoms with Crippen molar-refractivity contribution < 1.29 is 32.8 Å². The second-order valence-electron chi connectivity index (χ2n) is 10.2. The van der Waals surface area contributed by atoms with Crippen molar-refractivity contribution in [1.29, 1.82) is 0 Å². The van der Waals surface area contributed by atoms with Crippen molar-refractivity contribution in [1.82, 2.24) is 14.6 Å². The van der Waals surface area contributed by atoms with Gasteiger partial charge in [-0.2, -0.15) is 16.2 Å². The first-order valence-electron chi connectivity index (χ1n) is 12.5. The number of rotatable bonds is 10. The van der Waals surface area contributed by atoms with Crippen molar-refractivity contribution >= 4 is 67.2 Å². The van der Waals surface area contributed by atoms with Gasteiger partial charge in [-0.1, -0.05) is 30.0 Å². The number of aliphatic hydroxyl groups excluding tert-OH is 1. The predicted molar refractivity (Wildman–Crippen MR) is 151 cm³/mol. The molecule has 1 amide bonds. The summed E-state index contributed by atoms with van der Waals surface area (Å²) in [4.78, 5) is 28.1. The number of carbonyl (C=O) groups is 2. The third-order valence-electron chi connectivity index (χ3n) is 7.82. The molecule has 16 heteroatoms. The molecule has 12 nitrogen and oxygen atoms in total. The van der Waals surface area contributed by atoms with Crippen LogP contribution in [0.2, 0.25) is 0 Å². The number of carboxylic acids is 1. The molecule has 5 heterocycles. The van der Waals surface area contributed by atoms with E-state index in [0.717, 1.165) is 27.0 Å². The zero-order valence-electron chi connectivity index (χ0n) is 21.7. The van der Waals surface area contributed by atoms with Gasteiger partial charge in [0.15, 0.2) is 0 Å². The molecule has 2 saturated heterocycles. The molecule has 0 aliphatic carbocycles. The van der Waals surface area contributed by atoms with Crippen molar-refractivity contribution in [3.63, 3.8) is 0 Å². The van der Waals surface area contributed by atoms with Crippen LogP contribution in [-0.2, 0) is 26.2 Å². The molecule has 3 aliphatic heterocycles. The summed E-state index contributed by atoms with van der Waals surface area (Å²) in [5.41, 5.74) is 6.43. The van der Waals surface area contributed by atoms with Gasteiger partial charge in [-0.05, 0) is 19.6 Å². The topological polar surface area (TPSA) is 184 Å². The average molecular weight is 618 g/mol. The zero-order chi connectivity index (χ0) is 28.4. The van der Waals surface area contributed by atoms with Gasteiger partial charge in [0.25, 0.3) is 6.33 Å². The largest absolute Gasteiger partial charge is 0.477 e. The lowest BCUT2D eigenvalue weighted by molar-refractivity contribution is -0.725. The van der Waals surface area contributed by atoms with Crippen LogP contribution in [0.25, 0.3) is 10.4 Å². The van der Waals surface area contributed by atoms with Gasteiger partial charge in [-0.3, -0.25) is 4.79 Å². The number of thioether (sulfide) groups is 2. The maximum Gasteiger partial charge on any atom is 0.352 e. The number of amides is 1. The quantitative estimate of drug-likeness (QED) is 0.135.